The minimum absolute atomic E-state index is 0.00988. The van der Waals surface area contributed by atoms with Gasteiger partial charge in [-0.1, -0.05) is 30.3 Å². The SMILES string of the molecule is COc1cc(Nc2nccc(N3CCC[C@H](C(=O)NC(c4ccccc4)C(F)(F)F)C3)n2)cc(OC)c1OC. The van der Waals surface area contributed by atoms with E-state index in [0.717, 1.165) is 0 Å². The Bertz CT molecular complexity index is 1250. The summed E-state index contributed by atoms with van der Waals surface area (Å²) in [6.07, 6.45) is -1.95. The summed E-state index contributed by atoms with van der Waals surface area (Å²) < 4.78 is 57.4. The standard InChI is InChI=1S/C27H30F3N5O4/c1-37-20-14-19(15-21(38-2)23(20)39-3)32-26-31-12-11-22(33-26)35-13-7-10-18(16-35)25(36)34-24(27(28,29)30)17-8-5-4-6-9-17/h4-6,8-9,11-12,14-15,18,24H,7,10,13,16H2,1-3H3,(H,34,36)(H,31,32,33)/t18-,24?/m0/s1. The van der Waals surface area contributed by atoms with Crippen molar-refractivity contribution < 1.29 is 32.2 Å². The van der Waals surface area contributed by atoms with E-state index in [4.69, 9.17) is 14.2 Å². The Balaban J connectivity index is 1.48. The van der Waals surface area contributed by atoms with Crippen LogP contribution in [0.25, 0.3) is 0 Å². The highest BCUT2D eigenvalue weighted by atomic mass is 19.4. The molecule has 0 bridgehead atoms. The molecule has 1 fully saturated rings. The Morgan fingerprint density at radius 1 is 1.05 bits per heavy atom. The summed E-state index contributed by atoms with van der Waals surface area (Å²) in [5.74, 6) is 0.908. The second kappa shape index (κ2) is 12.1. The van der Waals surface area contributed by atoms with Gasteiger partial charge in [-0.15, -0.1) is 0 Å². The number of anilines is 3. The third kappa shape index (κ3) is 6.62. The van der Waals surface area contributed by atoms with Crippen molar-refractivity contribution >= 4 is 23.4 Å². The van der Waals surface area contributed by atoms with Gasteiger partial charge in [-0.3, -0.25) is 4.79 Å². The molecule has 39 heavy (non-hydrogen) atoms. The molecule has 2 N–H and O–H groups in total. The summed E-state index contributed by atoms with van der Waals surface area (Å²) in [5.41, 5.74) is 0.584. The quantitative estimate of drug-likeness (QED) is 0.393. The molecule has 0 aliphatic carbocycles. The normalized spacial score (nSPS) is 16.3. The Morgan fingerprint density at radius 3 is 2.36 bits per heavy atom. The molecular weight excluding hydrogens is 515 g/mol. The number of nitrogens with zero attached hydrogens (tertiary/aromatic N) is 3. The van der Waals surface area contributed by atoms with Crippen LogP contribution in [0.15, 0.2) is 54.7 Å². The number of hydrogen-bond acceptors (Lipinski definition) is 8. The zero-order chi connectivity index (χ0) is 28.0. The fourth-order valence-electron chi connectivity index (χ4n) is 4.53. The highest BCUT2D eigenvalue weighted by molar-refractivity contribution is 5.80. The molecule has 1 unspecified atom stereocenters. The lowest BCUT2D eigenvalue weighted by atomic mass is 9.96. The van der Waals surface area contributed by atoms with Crippen molar-refractivity contribution in [3.63, 3.8) is 0 Å². The lowest BCUT2D eigenvalue weighted by Gasteiger charge is -2.34. The van der Waals surface area contributed by atoms with Gasteiger partial charge in [-0.05, 0) is 24.5 Å². The number of hydrogen-bond donors (Lipinski definition) is 2. The smallest absolute Gasteiger partial charge is 0.412 e. The number of alkyl halides is 3. The first-order valence-corrected chi connectivity index (χ1v) is 12.3. The van der Waals surface area contributed by atoms with E-state index in [1.807, 2.05) is 4.90 Å². The van der Waals surface area contributed by atoms with Crippen molar-refractivity contribution in [1.29, 1.82) is 0 Å². The summed E-state index contributed by atoms with van der Waals surface area (Å²) in [6.45, 7) is 0.831. The van der Waals surface area contributed by atoms with E-state index in [-0.39, 0.29) is 18.1 Å². The Hall–Kier alpha value is -4.22. The molecule has 208 valence electrons. The van der Waals surface area contributed by atoms with Gasteiger partial charge in [-0.2, -0.15) is 18.2 Å². The molecule has 1 amide bonds. The molecule has 1 aromatic heterocycles. The molecular formula is C27H30F3N5O4. The van der Waals surface area contributed by atoms with E-state index in [1.54, 1.807) is 30.5 Å². The van der Waals surface area contributed by atoms with Crippen LogP contribution in [0.2, 0.25) is 0 Å². The molecule has 2 heterocycles. The van der Waals surface area contributed by atoms with E-state index >= 15 is 0 Å². The van der Waals surface area contributed by atoms with Crippen molar-refractivity contribution in [3.05, 3.63) is 60.3 Å². The minimum Gasteiger partial charge on any atom is -0.493 e. The summed E-state index contributed by atoms with van der Waals surface area (Å²) in [6, 6.07) is 10.4. The number of amides is 1. The van der Waals surface area contributed by atoms with Gasteiger partial charge >= 0.3 is 6.18 Å². The maximum Gasteiger partial charge on any atom is 0.412 e. The largest absolute Gasteiger partial charge is 0.493 e. The fourth-order valence-corrected chi connectivity index (χ4v) is 4.53. The predicted molar refractivity (Wildman–Crippen MR) is 140 cm³/mol. The Labute approximate surface area is 224 Å². The van der Waals surface area contributed by atoms with E-state index in [0.29, 0.717) is 48.1 Å². The van der Waals surface area contributed by atoms with Crippen LogP contribution in [0, 0.1) is 5.92 Å². The van der Waals surface area contributed by atoms with Gasteiger partial charge in [0.25, 0.3) is 0 Å². The fraction of sp³-hybridized carbons (Fsp3) is 0.370. The van der Waals surface area contributed by atoms with Crippen molar-refractivity contribution in [2.75, 3.05) is 44.6 Å². The van der Waals surface area contributed by atoms with E-state index < -0.39 is 24.0 Å². The summed E-state index contributed by atoms with van der Waals surface area (Å²) in [4.78, 5) is 23.7. The zero-order valence-electron chi connectivity index (χ0n) is 21.8. The molecule has 2 atom stereocenters. The third-order valence-corrected chi connectivity index (χ3v) is 6.42. The van der Waals surface area contributed by atoms with Crippen molar-refractivity contribution in [2.45, 2.75) is 25.1 Å². The second-order valence-electron chi connectivity index (χ2n) is 8.96. The minimum atomic E-state index is -4.62. The van der Waals surface area contributed by atoms with E-state index in [1.165, 1.54) is 45.6 Å². The number of nitrogens with one attached hydrogen (secondary N) is 2. The lowest BCUT2D eigenvalue weighted by molar-refractivity contribution is -0.164. The molecule has 0 radical (unpaired) electrons. The van der Waals surface area contributed by atoms with E-state index in [9.17, 15) is 18.0 Å². The maximum absolute atomic E-state index is 13.8. The van der Waals surface area contributed by atoms with Gasteiger partial charge in [0.05, 0.1) is 27.2 Å². The highest BCUT2D eigenvalue weighted by Gasteiger charge is 2.43. The number of piperidine rings is 1. The van der Waals surface area contributed by atoms with Gasteiger partial charge in [0.1, 0.15) is 5.82 Å². The van der Waals surface area contributed by atoms with Crippen LogP contribution in [-0.4, -0.2) is 56.5 Å². The van der Waals surface area contributed by atoms with Crippen LogP contribution >= 0.6 is 0 Å². The van der Waals surface area contributed by atoms with Gasteiger partial charge < -0.3 is 29.7 Å². The number of aromatic nitrogens is 2. The number of rotatable bonds is 9. The van der Waals surface area contributed by atoms with E-state index in [2.05, 4.69) is 20.6 Å². The van der Waals surface area contributed by atoms with Crippen molar-refractivity contribution in [2.24, 2.45) is 5.92 Å². The summed E-state index contributed by atoms with van der Waals surface area (Å²) >= 11 is 0. The average molecular weight is 546 g/mol. The third-order valence-electron chi connectivity index (χ3n) is 6.42. The predicted octanol–water partition coefficient (Wildman–Crippen LogP) is 4.88. The number of carbonyl (C=O) groups excluding carboxylic acids is 1. The number of carbonyl (C=O) groups is 1. The number of methoxy groups -OCH3 is 3. The van der Waals surface area contributed by atoms with Gasteiger partial charge in [0, 0.05) is 37.1 Å². The molecule has 12 heteroatoms. The monoisotopic (exact) mass is 545 g/mol. The molecule has 3 aromatic rings. The van der Waals surface area contributed by atoms with Crippen LogP contribution < -0.4 is 29.7 Å². The average Bonchev–Trinajstić information content (AvgIpc) is 2.95. The van der Waals surface area contributed by atoms with Gasteiger partial charge in [0.15, 0.2) is 17.5 Å². The lowest BCUT2D eigenvalue weighted by Crippen LogP contribution is -2.46. The van der Waals surface area contributed by atoms with Crippen molar-refractivity contribution in [3.8, 4) is 17.2 Å². The first-order valence-electron chi connectivity index (χ1n) is 12.3. The molecule has 4 rings (SSSR count). The first kappa shape index (κ1) is 27.8. The number of benzene rings is 2. The molecule has 2 aromatic carbocycles. The highest BCUT2D eigenvalue weighted by Crippen LogP contribution is 2.40. The first-order chi connectivity index (χ1) is 18.7. The zero-order valence-corrected chi connectivity index (χ0v) is 21.8. The molecule has 0 spiro atoms. The maximum atomic E-state index is 13.8. The molecule has 1 aliphatic rings. The molecule has 1 aliphatic heterocycles. The van der Waals surface area contributed by atoms with Crippen molar-refractivity contribution in [1.82, 2.24) is 15.3 Å². The Kier molecular flexibility index (Phi) is 8.62. The van der Waals surface area contributed by atoms with Crippen LogP contribution in [0.1, 0.15) is 24.4 Å². The summed E-state index contributed by atoms with van der Waals surface area (Å²) in [7, 11) is 4.53. The summed E-state index contributed by atoms with van der Waals surface area (Å²) in [5, 5.41) is 5.33. The van der Waals surface area contributed by atoms with Crippen LogP contribution in [0.4, 0.5) is 30.6 Å². The molecule has 0 saturated carbocycles. The number of halogens is 3. The van der Waals surface area contributed by atoms with Crippen LogP contribution in [-0.2, 0) is 4.79 Å². The second-order valence-corrected chi connectivity index (χ2v) is 8.96. The van der Waals surface area contributed by atoms with Gasteiger partial charge in [-0.25, -0.2) is 4.98 Å². The van der Waals surface area contributed by atoms with Crippen LogP contribution in [0.5, 0.6) is 17.2 Å². The topological polar surface area (TPSA) is 97.8 Å². The molecule has 9 nitrogen and oxygen atoms in total. The van der Waals surface area contributed by atoms with Gasteiger partial charge in [0.2, 0.25) is 17.6 Å². The number of ether oxygens (including phenoxy) is 3. The van der Waals surface area contributed by atoms with Crippen LogP contribution in [0.3, 0.4) is 0 Å². The molecule has 1 saturated heterocycles. The Morgan fingerprint density at radius 2 is 1.74 bits per heavy atom.